The lowest BCUT2D eigenvalue weighted by Crippen LogP contribution is -2.42. The molecule has 5 nitrogen and oxygen atoms in total. The quantitative estimate of drug-likeness (QED) is 0.804. The van der Waals surface area contributed by atoms with Gasteiger partial charge in [0, 0.05) is 11.7 Å². The third kappa shape index (κ3) is 5.91. The van der Waals surface area contributed by atoms with Crippen molar-refractivity contribution >= 4 is 40.8 Å². The fourth-order valence-electron chi connectivity index (χ4n) is 1.76. The number of aliphatic carboxylic acids is 1. The molecular weight excluding hydrogens is 315 g/mol. The van der Waals surface area contributed by atoms with E-state index in [-0.39, 0.29) is 25.0 Å². The summed E-state index contributed by atoms with van der Waals surface area (Å²) in [4.78, 5) is 24.5. The number of carbonyl (C=O) groups is 2. The molecule has 21 heavy (non-hydrogen) atoms. The monoisotopic (exact) mass is 332 g/mol. The van der Waals surface area contributed by atoms with E-state index in [1.165, 1.54) is 0 Å². The van der Waals surface area contributed by atoms with Gasteiger partial charge in [0.1, 0.15) is 0 Å². The molecule has 0 aliphatic rings. The van der Waals surface area contributed by atoms with Crippen molar-refractivity contribution in [1.82, 2.24) is 4.90 Å². The first kappa shape index (κ1) is 17.8. The van der Waals surface area contributed by atoms with Gasteiger partial charge < -0.3 is 10.4 Å². The summed E-state index contributed by atoms with van der Waals surface area (Å²) in [5.41, 5.74) is 0.522. The molecule has 2 N–H and O–H groups in total. The Morgan fingerprint density at radius 1 is 1.29 bits per heavy atom. The highest BCUT2D eigenvalue weighted by Crippen LogP contribution is 2.24. The molecule has 1 unspecified atom stereocenters. The molecule has 1 aromatic carbocycles. The lowest BCUT2D eigenvalue weighted by atomic mass is 10.2. The van der Waals surface area contributed by atoms with Crippen LogP contribution in [0.2, 0.25) is 10.0 Å². The van der Waals surface area contributed by atoms with Crippen molar-refractivity contribution in [1.29, 1.82) is 0 Å². The number of nitrogens with zero attached hydrogens (tertiary/aromatic N) is 1. The van der Waals surface area contributed by atoms with Crippen LogP contribution in [0.4, 0.5) is 5.69 Å². The standard InChI is InChI=1S/C14H18Cl2N2O3/c1-3-9(2)18(8-14(20)21)7-13(19)17-10-4-5-11(15)12(16)6-10/h4-6,9H,3,7-8H2,1-2H3,(H,17,19)(H,20,21). The first-order chi connectivity index (χ1) is 9.83. The molecule has 0 aliphatic carbocycles. The number of benzene rings is 1. The van der Waals surface area contributed by atoms with Crippen LogP contribution in [-0.2, 0) is 9.59 Å². The minimum Gasteiger partial charge on any atom is -0.480 e. The van der Waals surface area contributed by atoms with E-state index in [9.17, 15) is 9.59 Å². The topological polar surface area (TPSA) is 69.6 Å². The van der Waals surface area contributed by atoms with E-state index in [4.69, 9.17) is 28.3 Å². The lowest BCUT2D eigenvalue weighted by Gasteiger charge is -2.25. The molecule has 0 radical (unpaired) electrons. The maximum absolute atomic E-state index is 12.0. The zero-order valence-electron chi connectivity index (χ0n) is 11.9. The number of amides is 1. The number of carbonyl (C=O) groups excluding carboxylic acids is 1. The predicted octanol–water partition coefficient (Wildman–Crippen LogP) is 3.12. The van der Waals surface area contributed by atoms with E-state index in [0.717, 1.165) is 6.42 Å². The fourth-order valence-corrected chi connectivity index (χ4v) is 2.06. The number of hydrogen-bond acceptors (Lipinski definition) is 3. The van der Waals surface area contributed by atoms with Gasteiger partial charge in [-0.25, -0.2) is 0 Å². The highest BCUT2D eigenvalue weighted by molar-refractivity contribution is 6.42. The smallest absolute Gasteiger partial charge is 0.317 e. The highest BCUT2D eigenvalue weighted by Gasteiger charge is 2.18. The second-order valence-electron chi connectivity index (χ2n) is 4.73. The molecule has 0 fully saturated rings. The third-order valence-electron chi connectivity index (χ3n) is 3.10. The highest BCUT2D eigenvalue weighted by atomic mass is 35.5. The summed E-state index contributed by atoms with van der Waals surface area (Å²) in [6, 6.07) is 4.77. The molecule has 0 saturated heterocycles. The molecule has 0 aromatic heterocycles. The predicted molar refractivity (Wildman–Crippen MR) is 84.1 cm³/mol. The zero-order chi connectivity index (χ0) is 16.0. The fraction of sp³-hybridized carbons (Fsp3) is 0.429. The molecule has 7 heteroatoms. The van der Waals surface area contributed by atoms with E-state index in [2.05, 4.69) is 5.32 Å². The van der Waals surface area contributed by atoms with Gasteiger partial charge in [0.25, 0.3) is 0 Å². The van der Waals surface area contributed by atoms with Gasteiger partial charge >= 0.3 is 5.97 Å². The Morgan fingerprint density at radius 2 is 1.95 bits per heavy atom. The largest absolute Gasteiger partial charge is 0.480 e. The second-order valence-corrected chi connectivity index (χ2v) is 5.55. The summed E-state index contributed by atoms with van der Waals surface area (Å²) in [5, 5.41) is 12.3. The maximum atomic E-state index is 12.0. The number of carboxylic acid groups (broad SMARTS) is 1. The number of hydrogen-bond donors (Lipinski definition) is 2. The number of anilines is 1. The SMILES string of the molecule is CCC(C)N(CC(=O)O)CC(=O)Nc1ccc(Cl)c(Cl)c1. The van der Waals surface area contributed by atoms with Crippen molar-refractivity contribution in [3.63, 3.8) is 0 Å². The Kier molecular flexibility index (Phi) is 6.95. The number of halogens is 2. The summed E-state index contributed by atoms with van der Waals surface area (Å²) < 4.78 is 0. The number of nitrogens with one attached hydrogen (secondary N) is 1. The van der Waals surface area contributed by atoms with Gasteiger partial charge in [0.15, 0.2) is 0 Å². The van der Waals surface area contributed by atoms with Gasteiger partial charge in [-0.15, -0.1) is 0 Å². The molecule has 1 rings (SSSR count). The molecule has 116 valence electrons. The summed E-state index contributed by atoms with van der Waals surface area (Å²) in [6.45, 7) is 3.65. The average molecular weight is 333 g/mol. The van der Waals surface area contributed by atoms with Gasteiger partial charge in [0.05, 0.1) is 23.1 Å². The van der Waals surface area contributed by atoms with Crippen LogP contribution in [0, 0.1) is 0 Å². The van der Waals surface area contributed by atoms with E-state index in [1.807, 2.05) is 13.8 Å². The zero-order valence-corrected chi connectivity index (χ0v) is 13.4. The Balaban J connectivity index is 2.68. The Morgan fingerprint density at radius 3 is 2.48 bits per heavy atom. The summed E-state index contributed by atoms with van der Waals surface area (Å²) in [6.07, 6.45) is 0.757. The number of carboxylic acids is 1. The van der Waals surface area contributed by atoms with Crippen LogP contribution < -0.4 is 5.32 Å². The molecule has 0 heterocycles. The van der Waals surface area contributed by atoms with Gasteiger partial charge in [-0.05, 0) is 31.5 Å². The molecular formula is C14H18Cl2N2O3. The van der Waals surface area contributed by atoms with Crippen LogP contribution in [0.1, 0.15) is 20.3 Å². The molecule has 1 amide bonds. The van der Waals surface area contributed by atoms with Crippen molar-refractivity contribution in [2.75, 3.05) is 18.4 Å². The summed E-state index contributed by atoms with van der Waals surface area (Å²) >= 11 is 11.7. The van der Waals surface area contributed by atoms with Crippen LogP contribution in [0.15, 0.2) is 18.2 Å². The summed E-state index contributed by atoms with van der Waals surface area (Å²) in [5.74, 6) is -1.26. The van der Waals surface area contributed by atoms with Crippen LogP contribution in [0.5, 0.6) is 0 Å². The maximum Gasteiger partial charge on any atom is 0.317 e. The van der Waals surface area contributed by atoms with Crippen molar-refractivity contribution in [2.45, 2.75) is 26.3 Å². The first-order valence-electron chi connectivity index (χ1n) is 6.54. The molecule has 0 bridgehead atoms. The van der Waals surface area contributed by atoms with E-state index < -0.39 is 5.97 Å². The third-order valence-corrected chi connectivity index (χ3v) is 3.84. The van der Waals surface area contributed by atoms with Crippen molar-refractivity contribution in [3.05, 3.63) is 28.2 Å². The Labute approximate surface area is 133 Å². The Bertz CT molecular complexity index is 523. The van der Waals surface area contributed by atoms with E-state index >= 15 is 0 Å². The first-order valence-corrected chi connectivity index (χ1v) is 7.29. The van der Waals surface area contributed by atoms with Crippen molar-refractivity contribution in [2.24, 2.45) is 0 Å². The van der Waals surface area contributed by atoms with Gasteiger partial charge in [-0.3, -0.25) is 14.5 Å². The minimum absolute atomic E-state index is 0.000607. The van der Waals surface area contributed by atoms with Crippen molar-refractivity contribution < 1.29 is 14.7 Å². The molecule has 0 spiro atoms. The normalized spacial score (nSPS) is 12.2. The van der Waals surface area contributed by atoms with Crippen LogP contribution >= 0.6 is 23.2 Å². The average Bonchev–Trinajstić information content (AvgIpc) is 2.40. The molecule has 1 aromatic rings. The van der Waals surface area contributed by atoms with Gasteiger partial charge in [0.2, 0.25) is 5.91 Å². The van der Waals surface area contributed by atoms with Crippen LogP contribution in [0.3, 0.4) is 0 Å². The number of rotatable bonds is 7. The van der Waals surface area contributed by atoms with E-state index in [1.54, 1.807) is 23.1 Å². The Hall–Kier alpha value is -1.30. The van der Waals surface area contributed by atoms with E-state index in [0.29, 0.717) is 15.7 Å². The molecule has 1 atom stereocenters. The molecule has 0 saturated carbocycles. The van der Waals surface area contributed by atoms with Crippen LogP contribution in [0.25, 0.3) is 0 Å². The van der Waals surface area contributed by atoms with Crippen LogP contribution in [-0.4, -0.2) is 41.0 Å². The van der Waals surface area contributed by atoms with Gasteiger partial charge in [-0.2, -0.15) is 0 Å². The molecule has 0 aliphatic heterocycles. The minimum atomic E-state index is -0.961. The van der Waals surface area contributed by atoms with Gasteiger partial charge in [-0.1, -0.05) is 30.1 Å². The lowest BCUT2D eigenvalue weighted by molar-refractivity contribution is -0.139. The van der Waals surface area contributed by atoms with Crippen molar-refractivity contribution in [3.8, 4) is 0 Å². The second kappa shape index (κ2) is 8.22. The summed E-state index contributed by atoms with van der Waals surface area (Å²) in [7, 11) is 0.